The Morgan fingerprint density at radius 1 is 1.53 bits per heavy atom. The Labute approximate surface area is 114 Å². The van der Waals surface area contributed by atoms with Gasteiger partial charge in [-0.15, -0.1) is 11.3 Å². The van der Waals surface area contributed by atoms with Crippen LogP contribution in [0.15, 0.2) is 11.7 Å². The second-order valence-electron chi connectivity index (χ2n) is 5.01. The van der Waals surface area contributed by atoms with Crippen molar-refractivity contribution < 1.29 is 9.90 Å². The number of anilines is 1. The Morgan fingerprint density at radius 2 is 2.32 bits per heavy atom. The van der Waals surface area contributed by atoms with E-state index in [4.69, 9.17) is 5.11 Å². The molecule has 0 aromatic carbocycles. The third kappa shape index (κ3) is 2.53. The number of thiophene rings is 1. The molecule has 2 aromatic rings. The summed E-state index contributed by atoms with van der Waals surface area (Å²) in [5, 5.41) is 11.1. The fourth-order valence-corrected chi connectivity index (χ4v) is 3.20. The molecule has 2 aromatic heterocycles. The van der Waals surface area contributed by atoms with Crippen molar-refractivity contribution in [3.63, 3.8) is 0 Å². The first kappa shape index (κ1) is 12.3. The van der Waals surface area contributed by atoms with Crippen LogP contribution in [0.5, 0.6) is 0 Å². The van der Waals surface area contributed by atoms with Gasteiger partial charge < -0.3 is 10.0 Å². The van der Waals surface area contributed by atoms with Crippen molar-refractivity contribution in [2.75, 3.05) is 18.0 Å². The van der Waals surface area contributed by atoms with Gasteiger partial charge in [-0.2, -0.15) is 0 Å². The molecule has 1 N–H and O–H groups in total. The van der Waals surface area contributed by atoms with Gasteiger partial charge in [0.15, 0.2) is 5.82 Å². The van der Waals surface area contributed by atoms with Crippen LogP contribution in [0.25, 0.3) is 10.2 Å². The zero-order valence-electron chi connectivity index (χ0n) is 10.7. The van der Waals surface area contributed by atoms with E-state index in [0.29, 0.717) is 5.92 Å². The van der Waals surface area contributed by atoms with Gasteiger partial charge in [0.2, 0.25) is 0 Å². The Bertz CT molecular complexity index is 621. The molecule has 1 saturated carbocycles. The highest BCUT2D eigenvalue weighted by Gasteiger charge is 2.27. The van der Waals surface area contributed by atoms with Crippen LogP contribution in [0.4, 0.5) is 5.82 Å². The molecule has 1 fully saturated rings. The second kappa shape index (κ2) is 4.77. The number of carboxylic acid groups (broad SMARTS) is 1. The average molecular weight is 277 g/mol. The van der Waals surface area contributed by atoms with Gasteiger partial charge in [-0.3, -0.25) is 4.79 Å². The second-order valence-corrected chi connectivity index (χ2v) is 5.89. The van der Waals surface area contributed by atoms with Gasteiger partial charge in [-0.1, -0.05) is 0 Å². The molecule has 19 heavy (non-hydrogen) atoms. The lowest BCUT2D eigenvalue weighted by Gasteiger charge is -2.21. The minimum Gasteiger partial charge on any atom is -0.480 e. The molecule has 0 radical (unpaired) electrons. The average Bonchev–Trinajstić information content (AvgIpc) is 3.11. The number of carboxylic acids is 1. The van der Waals surface area contributed by atoms with Gasteiger partial charge in [-0.05, 0) is 36.6 Å². The van der Waals surface area contributed by atoms with E-state index in [1.165, 1.54) is 19.2 Å². The first-order valence-corrected chi connectivity index (χ1v) is 7.18. The van der Waals surface area contributed by atoms with Gasteiger partial charge in [-0.25, -0.2) is 9.97 Å². The number of aryl methyl sites for hydroxylation is 1. The maximum Gasteiger partial charge on any atom is 0.323 e. The van der Waals surface area contributed by atoms with Crippen LogP contribution in [0.3, 0.4) is 0 Å². The largest absolute Gasteiger partial charge is 0.480 e. The number of carbonyl (C=O) groups is 1. The molecule has 0 unspecified atom stereocenters. The maximum atomic E-state index is 11.0. The van der Waals surface area contributed by atoms with E-state index in [1.807, 2.05) is 17.2 Å². The quantitative estimate of drug-likeness (QED) is 0.908. The van der Waals surface area contributed by atoms with Crippen LogP contribution in [-0.2, 0) is 4.79 Å². The Balaban J connectivity index is 2.00. The van der Waals surface area contributed by atoms with Crippen molar-refractivity contribution in [1.82, 2.24) is 9.97 Å². The van der Waals surface area contributed by atoms with E-state index in [2.05, 4.69) is 9.97 Å². The molecule has 100 valence electrons. The van der Waals surface area contributed by atoms with Crippen molar-refractivity contribution in [2.45, 2.75) is 19.8 Å². The zero-order chi connectivity index (χ0) is 13.4. The summed E-state index contributed by atoms with van der Waals surface area (Å²) in [4.78, 5) is 21.5. The standard InChI is InChI=1S/C13H15N3O2S/c1-8-6-19-12-11(8)14-7-15-13(12)16(5-10(17)18)4-9-2-3-9/h6-7,9H,2-5H2,1H3,(H,17,18). The lowest BCUT2D eigenvalue weighted by molar-refractivity contribution is -0.135. The Kier molecular flexibility index (Phi) is 3.10. The summed E-state index contributed by atoms with van der Waals surface area (Å²) in [5.41, 5.74) is 2.05. The zero-order valence-corrected chi connectivity index (χ0v) is 11.5. The van der Waals surface area contributed by atoms with E-state index in [0.717, 1.165) is 28.1 Å². The molecule has 1 aliphatic rings. The molecular formula is C13H15N3O2S. The van der Waals surface area contributed by atoms with Crippen molar-refractivity contribution >= 4 is 33.3 Å². The number of aromatic nitrogens is 2. The first-order valence-electron chi connectivity index (χ1n) is 6.30. The van der Waals surface area contributed by atoms with E-state index < -0.39 is 5.97 Å². The third-order valence-electron chi connectivity index (χ3n) is 3.31. The topological polar surface area (TPSA) is 66.3 Å². The van der Waals surface area contributed by atoms with E-state index >= 15 is 0 Å². The number of hydrogen-bond acceptors (Lipinski definition) is 5. The normalized spacial score (nSPS) is 14.8. The van der Waals surface area contributed by atoms with Crippen LogP contribution in [0, 0.1) is 12.8 Å². The van der Waals surface area contributed by atoms with Crippen LogP contribution in [0.2, 0.25) is 0 Å². The van der Waals surface area contributed by atoms with Crippen molar-refractivity contribution in [3.05, 3.63) is 17.3 Å². The molecule has 0 bridgehead atoms. The first-order chi connectivity index (χ1) is 9.15. The molecular weight excluding hydrogens is 262 g/mol. The molecule has 2 heterocycles. The van der Waals surface area contributed by atoms with Crippen LogP contribution in [0.1, 0.15) is 18.4 Å². The van der Waals surface area contributed by atoms with Gasteiger partial charge >= 0.3 is 5.97 Å². The van der Waals surface area contributed by atoms with Gasteiger partial charge in [0.25, 0.3) is 0 Å². The SMILES string of the molecule is Cc1csc2c(N(CC(=O)O)CC3CC3)ncnc12. The lowest BCUT2D eigenvalue weighted by atomic mass is 10.3. The monoisotopic (exact) mass is 277 g/mol. The Morgan fingerprint density at radius 3 is 3.00 bits per heavy atom. The van der Waals surface area contributed by atoms with Crippen LogP contribution in [-0.4, -0.2) is 34.1 Å². The van der Waals surface area contributed by atoms with Crippen LogP contribution < -0.4 is 4.90 Å². The lowest BCUT2D eigenvalue weighted by Crippen LogP contribution is -2.32. The fraction of sp³-hybridized carbons (Fsp3) is 0.462. The number of aliphatic carboxylic acids is 1. The third-order valence-corrected chi connectivity index (χ3v) is 4.40. The summed E-state index contributed by atoms with van der Waals surface area (Å²) in [6.45, 7) is 2.78. The summed E-state index contributed by atoms with van der Waals surface area (Å²) in [7, 11) is 0. The van der Waals surface area contributed by atoms with Gasteiger partial charge in [0.1, 0.15) is 12.9 Å². The van der Waals surface area contributed by atoms with Crippen molar-refractivity contribution in [1.29, 1.82) is 0 Å². The minimum atomic E-state index is -0.819. The summed E-state index contributed by atoms with van der Waals surface area (Å²) in [6, 6.07) is 0. The van der Waals surface area contributed by atoms with Crippen LogP contribution >= 0.6 is 11.3 Å². The van der Waals surface area contributed by atoms with Crippen molar-refractivity contribution in [2.24, 2.45) is 5.92 Å². The molecule has 0 spiro atoms. The van der Waals surface area contributed by atoms with E-state index in [-0.39, 0.29) is 6.54 Å². The highest BCUT2D eigenvalue weighted by Crippen LogP contribution is 2.35. The predicted octanol–water partition coefficient (Wildman–Crippen LogP) is 2.30. The maximum absolute atomic E-state index is 11.0. The molecule has 3 rings (SSSR count). The smallest absolute Gasteiger partial charge is 0.323 e. The van der Waals surface area contributed by atoms with Gasteiger partial charge in [0.05, 0.1) is 10.2 Å². The van der Waals surface area contributed by atoms with E-state index in [9.17, 15) is 4.79 Å². The molecule has 0 aliphatic heterocycles. The van der Waals surface area contributed by atoms with Crippen molar-refractivity contribution in [3.8, 4) is 0 Å². The number of fused-ring (bicyclic) bond motifs is 1. The number of nitrogens with zero attached hydrogens (tertiary/aromatic N) is 3. The number of rotatable bonds is 5. The summed E-state index contributed by atoms with van der Waals surface area (Å²) in [5.74, 6) is 0.559. The molecule has 6 heteroatoms. The predicted molar refractivity (Wildman–Crippen MR) is 74.7 cm³/mol. The molecule has 0 atom stereocenters. The van der Waals surface area contributed by atoms with Gasteiger partial charge in [0, 0.05) is 6.54 Å². The summed E-state index contributed by atoms with van der Waals surface area (Å²) < 4.78 is 0.988. The highest BCUT2D eigenvalue weighted by atomic mass is 32.1. The molecule has 0 saturated heterocycles. The molecule has 0 amide bonds. The molecule has 5 nitrogen and oxygen atoms in total. The summed E-state index contributed by atoms with van der Waals surface area (Å²) >= 11 is 1.58. The highest BCUT2D eigenvalue weighted by molar-refractivity contribution is 7.18. The minimum absolute atomic E-state index is 0.000436. The number of hydrogen-bond donors (Lipinski definition) is 1. The molecule has 1 aliphatic carbocycles. The summed E-state index contributed by atoms with van der Waals surface area (Å²) in [6.07, 6.45) is 3.90. The fourth-order valence-electron chi connectivity index (χ4n) is 2.18. The Hall–Kier alpha value is -1.69. The van der Waals surface area contributed by atoms with E-state index in [1.54, 1.807) is 11.3 Å².